The van der Waals surface area contributed by atoms with Gasteiger partial charge in [-0.2, -0.15) is 0 Å². The largest absolute Gasteiger partial charge is 0.496 e. The lowest BCUT2D eigenvalue weighted by atomic mass is 10.1. The molecule has 116 valence electrons. The predicted molar refractivity (Wildman–Crippen MR) is 90.7 cm³/mol. The molecule has 2 amide bonds. The smallest absolute Gasteiger partial charge is 0.282 e. The average Bonchev–Trinajstić information content (AvgIpc) is 2.84. The number of halogens is 1. The number of ether oxygens (including phenoxy) is 1. The van der Waals surface area contributed by atoms with Gasteiger partial charge in [-0.1, -0.05) is 34.1 Å². The summed E-state index contributed by atoms with van der Waals surface area (Å²) in [5.74, 6) is -0.261. The summed E-state index contributed by atoms with van der Waals surface area (Å²) < 4.78 is 6.10. The van der Waals surface area contributed by atoms with Crippen molar-refractivity contribution in [2.75, 3.05) is 12.1 Å². The second kappa shape index (κ2) is 6.26. The van der Waals surface area contributed by atoms with Gasteiger partial charge in [0.15, 0.2) is 0 Å². The van der Waals surface area contributed by atoms with E-state index in [1.165, 1.54) is 18.2 Å². The van der Waals surface area contributed by atoms with Gasteiger partial charge in [-0.25, -0.2) is 5.01 Å². The second-order valence-corrected chi connectivity index (χ2v) is 5.78. The quantitative estimate of drug-likeness (QED) is 0.665. The maximum Gasteiger partial charge on any atom is 0.282 e. The van der Waals surface area contributed by atoms with Crippen molar-refractivity contribution in [2.24, 2.45) is 0 Å². The Morgan fingerprint density at radius 1 is 1.13 bits per heavy atom. The van der Waals surface area contributed by atoms with Crippen molar-refractivity contribution in [3.63, 3.8) is 0 Å². The molecule has 1 N–H and O–H groups in total. The van der Waals surface area contributed by atoms with Crippen LogP contribution in [-0.4, -0.2) is 18.9 Å². The number of nitrogens with zero attached hydrogens (tertiary/aromatic N) is 1. The molecule has 0 bridgehead atoms. The lowest BCUT2D eigenvalue weighted by molar-refractivity contribution is -0.117. The molecule has 6 heteroatoms. The number of benzene rings is 2. The number of hydrogen-bond acceptors (Lipinski definition) is 3. The third-order valence-corrected chi connectivity index (χ3v) is 3.89. The van der Waals surface area contributed by atoms with Crippen molar-refractivity contribution >= 4 is 39.5 Å². The van der Waals surface area contributed by atoms with Gasteiger partial charge in [0.05, 0.1) is 12.8 Å². The lowest BCUT2D eigenvalue weighted by Crippen LogP contribution is -2.35. The summed E-state index contributed by atoms with van der Waals surface area (Å²) in [7, 11) is 1.54. The molecule has 0 aliphatic carbocycles. The Morgan fingerprint density at radius 2 is 1.87 bits per heavy atom. The second-order valence-electron chi connectivity index (χ2n) is 4.86. The molecule has 0 saturated carbocycles. The monoisotopic (exact) mass is 372 g/mol. The lowest BCUT2D eigenvalue weighted by Gasteiger charge is -2.13. The summed E-state index contributed by atoms with van der Waals surface area (Å²) >= 11 is 3.37. The minimum Gasteiger partial charge on any atom is -0.496 e. The van der Waals surface area contributed by atoms with E-state index in [2.05, 4.69) is 21.4 Å². The maximum absolute atomic E-state index is 12.5. The van der Waals surface area contributed by atoms with E-state index in [0.717, 1.165) is 4.47 Å². The first kappa shape index (κ1) is 15.3. The highest BCUT2D eigenvalue weighted by molar-refractivity contribution is 9.10. The molecule has 0 aromatic heterocycles. The van der Waals surface area contributed by atoms with Crippen LogP contribution >= 0.6 is 15.9 Å². The Kier molecular flexibility index (Phi) is 4.16. The normalized spacial score (nSPS) is 15.9. The van der Waals surface area contributed by atoms with Crippen LogP contribution in [0, 0.1) is 0 Å². The van der Waals surface area contributed by atoms with Gasteiger partial charge in [-0.05, 0) is 36.4 Å². The standard InChI is InChI=1S/C17H13BrN2O3/c1-23-15-8-7-12(18)9-11(15)10-14-16(21)19-20(17(14)22)13-5-3-2-4-6-13/h2-10H,1H3,(H,19,21)/b14-10-. The molecule has 1 fully saturated rings. The number of hydrogen-bond donors (Lipinski definition) is 1. The molecule has 0 radical (unpaired) electrons. The number of para-hydroxylation sites is 1. The van der Waals surface area contributed by atoms with Gasteiger partial charge < -0.3 is 4.74 Å². The van der Waals surface area contributed by atoms with Crippen molar-refractivity contribution in [3.05, 3.63) is 64.1 Å². The summed E-state index contributed by atoms with van der Waals surface area (Å²) in [4.78, 5) is 24.7. The van der Waals surface area contributed by atoms with Gasteiger partial charge in [-0.3, -0.25) is 15.0 Å². The third-order valence-electron chi connectivity index (χ3n) is 3.40. The zero-order valence-corrected chi connectivity index (χ0v) is 13.8. The molecule has 0 spiro atoms. The maximum atomic E-state index is 12.5. The van der Waals surface area contributed by atoms with Crippen LogP contribution in [0.2, 0.25) is 0 Å². The highest BCUT2D eigenvalue weighted by Crippen LogP contribution is 2.27. The van der Waals surface area contributed by atoms with Gasteiger partial charge in [0.1, 0.15) is 11.3 Å². The number of nitrogens with one attached hydrogen (secondary N) is 1. The number of carbonyl (C=O) groups is 2. The first-order valence-electron chi connectivity index (χ1n) is 6.86. The minimum atomic E-state index is -0.444. The van der Waals surface area contributed by atoms with Crippen LogP contribution in [0.3, 0.4) is 0 Å². The van der Waals surface area contributed by atoms with Crippen molar-refractivity contribution in [1.82, 2.24) is 5.43 Å². The average molecular weight is 373 g/mol. The molecule has 3 rings (SSSR count). The van der Waals surface area contributed by atoms with Crippen LogP contribution in [0.15, 0.2) is 58.6 Å². The Morgan fingerprint density at radius 3 is 2.57 bits per heavy atom. The van der Waals surface area contributed by atoms with Gasteiger partial charge in [0.2, 0.25) is 0 Å². The SMILES string of the molecule is COc1ccc(Br)cc1/C=C1/C(=O)NN(c2ccccc2)C1=O. The minimum absolute atomic E-state index is 0.0604. The molecule has 1 saturated heterocycles. The van der Waals surface area contributed by atoms with Crippen LogP contribution in [0.5, 0.6) is 5.75 Å². The molecule has 0 unspecified atom stereocenters. The van der Waals surface area contributed by atoms with E-state index in [1.54, 1.807) is 36.4 Å². The third kappa shape index (κ3) is 2.98. The Bertz CT molecular complexity index is 803. The molecule has 2 aromatic carbocycles. The summed E-state index contributed by atoms with van der Waals surface area (Å²) in [6, 6.07) is 14.3. The molecule has 23 heavy (non-hydrogen) atoms. The topological polar surface area (TPSA) is 58.6 Å². The van der Waals surface area contributed by atoms with E-state index in [9.17, 15) is 9.59 Å². The number of rotatable bonds is 3. The molecule has 1 heterocycles. The highest BCUT2D eigenvalue weighted by Gasteiger charge is 2.34. The van der Waals surface area contributed by atoms with Crippen LogP contribution in [0.25, 0.3) is 6.08 Å². The predicted octanol–water partition coefficient (Wildman–Crippen LogP) is 2.92. The van der Waals surface area contributed by atoms with Gasteiger partial charge in [0, 0.05) is 10.0 Å². The summed E-state index contributed by atoms with van der Waals surface area (Å²) in [5.41, 5.74) is 3.88. The number of carbonyl (C=O) groups excluding carboxylic acids is 2. The van der Waals surface area contributed by atoms with Crippen LogP contribution in [0.1, 0.15) is 5.56 Å². The zero-order chi connectivity index (χ0) is 16.4. The Balaban J connectivity index is 1.99. The van der Waals surface area contributed by atoms with Gasteiger partial charge >= 0.3 is 0 Å². The fraction of sp³-hybridized carbons (Fsp3) is 0.0588. The van der Waals surface area contributed by atoms with Crippen LogP contribution in [-0.2, 0) is 9.59 Å². The molecular weight excluding hydrogens is 360 g/mol. The number of amides is 2. The van der Waals surface area contributed by atoms with E-state index < -0.39 is 11.8 Å². The fourth-order valence-corrected chi connectivity index (χ4v) is 2.67. The zero-order valence-electron chi connectivity index (χ0n) is 12.2. The molecular formula is C17H13BrN2O3. The summed E-state index contributed by atoms with van der Waals surface area (Å²) in [6.45, 7) is 0. The van der Waals surface area contributed by atoms with Gasteiger partial charge in [-0.15, -0.1) is 0 Å². The summed E-state index contributed by atoms with van der Waals surface area (Å²) in [6.07, 6.45) is 1.53. The molecule has 1 aliphatic heterocycles. The van der Waals surface area contributed by atoms with E-state index in [0.29, 0.717) is 17.0 Å². The van der Waals surface area contributed by atoms with E-state index >= 15 is 0 Å². The summed E-state index contributed by atoms with van der Waals surface area (Å²) in [5, 5.41) is 1.23. The molecule has 5 nitrogen and oxygen atoms in total. The first-order chi connectivity index (χ1) is 11.1. The van der Waals surface area contributed by atoms with E-state index in [4.69, 9.17) is 4.74 Å². The number of methoxy groups -OCH3 is 1. The van der Waals surface area contributed by atoms with Crippen LogP contribution in [0.4, 0.5) is 5.69 Å². The highest BCUT2D eigenvalue weighted by atomic mass is 79.9. The van der Waals surface area contributed by atoms with Crippen LogP contribution < -0.4 is 15.2 Å². The van der Waals surface area contributed by atoms with Gasteiger partial charge in [0.25, 0.3) is 11.8 Å². The van der Waals surface area contributed by atoms with E-state index in [-0.39, 0.29) is 5.57 Å². The number of hydrazine groups is 1. The first-order valence-corrected chi connectivity index (χ1v) is 7.65. The molecule has 2 aromatic rings. The fourth-order valence-electron chi connectivity index (χ4n) is 2.29. The van der Waals surface area contributed by atoms with Crippen molar-refractivity contribution in [1.29, 1.82) is 0 Å². The van der Waals surface area contributed by atoms with E-state index in [1.807, 2.05) is 12.1 Å². The van der Waals surface area contributed by atoms with Crippen molar-refractivity contribution < 1.29 is 14.3 Å². The molecule has 0 atom stereocenters. The molecule has 1 aliphatic rings. The Hall–Kier alpha value is -2.60. The number of anilines is 1. The van der Waals surface area contributed by atoms with Crippen molar-refractivity contribution in [3.8, 4) is 5.75 Å². The Labute approximate surface area is 141 Å². The van der Waals surface area contributed by atoms with Crippen molar-refractivity contribution in [2.45, 2.75) is 0 Å².